The van der Waals surface area contributed by atoms with Crippen molar-refractivity contribution in [2.24, 2.45) is 0 Å². The number of carbonyl (C=O) groups is 1. The van der Waals surface area contributed by atoms with E-state index in [9.17, 15) is 4.79 Å². The van der Waals surface area contributed by atoms with Gasteiger partial charge in [-0.1, -0.05) is 36.0 Å². The molecule has 1 aromatic heterocycles. The van der Waals surface area contributed by atoms with Crippen molar-refractivity contribution < 1.29 is 4.79 Å². The number of carbonyl (C=O) groups excluding carboxylic acids is 1. The van der Waals surface area contributed by atoms with Crippen molar-refractivity contribution >= 4 is 44.9 Å². The predicted octanol–water partition coefficient (Wildman–Crippen LogP) is 5.14. The number of amides is 1. The number of benzene rings is 2. The van der Waals surface area contributed by atoms with Crippen molar-refractivity contribution in [3.8, 4) is 0 Å². The lowest BCUT2D eigenvalue weighted by molar-refractivity contribution is 0.102. The van der Waals surface area contributed by atoms with Gasteiger partial charge in [0.1, 0.15) is 0 Å². The maximum atomic E-state index is 12.4. The lowest BCUT2D eigenvalue weighted by Gasteiger charge is -2.07. The highest BCUT2D eigenvalue weighted by Crippen LogP contribution is 2.31. The van der Waals surface area contributed by atoms with E-state index in [2.05, 4.69) is 16.9 Å². The number of thioether (sulfide) groups is 1. The van der Waals surface area contributed by atoms with Crippen LogP contribution >= 0.6 is 23.1 Å². The van der Waals surface area contributed by atoms with Gasteiger partial charge in [0.25, 0.3) is 5.91 Å². The number of fused-ring (bicyclic) bond motifs is 1. The van der Waals surface area contributed by atoms with E-state index in [4.69, 9.17) is 0 Å². The summed E-state index contributed by atoms with van der Waals surface area (Å²) in [6.07, 6.45) is 1.87. The van der Waals surface area contributed by atoms with Crippen LogP contribution in [0.5, 0.6) is 0 Å². The molecule has 0 unspecified atom stereocenters. The van der Waals surface area contributed by atoms with E-state index < -0.39 is 0 Å². The molecule has 116 valence electrons. The standard InChI is InChI=1S/C18H16N2OS2/c1-3-10-22-18-20-15-9-8-13(11-16(15)23-18)19-17(21)14-7-5-4-6-12(14)2/h3-9,11H,1,10H2,2H3,(H,19,21). The highest BCUT2D eigenvalue weighted by atomic mass is 32.2. The fraction of sp³-hybridized carbons (Fsp3) is 0.111. The minimum Gasteiger partial charge on any atom is -0.322 e. The molecule has 3 rings (SSSR count). The van der Waals surface area contributed by atoms with Crippen LogP contribution in [0.3, 0.4) is 0 Å². The molecule has 0 fully saturated rings. The zero-order valence-electron chi connectivity index (χ0n) is 12.7. The second-order valence-electron chi connectivity index (χ2n) is 5.03. The number of hydrogen-bond donors (Lipinski definition) is 1. The lowest BCUT2D eigenvalue weighted by Crippen LogP contribution is -2.13. The molecule has 5 heteroatoms. The molecule has 0 spiro atoms. The molecule has 1 amide bonds. The van der Waals surface area contributed by atoms with Crippen LogP contribution in [0.15, 0.2) is 59.5 Å². The molecule has 1 N–H and O–H groups in total. The van der Waals surface area contributed by atoms with Crippen LogP contribution in [0.4, 0.5) is 5.69 Å². The number of anilines is 1. The van der Waals surface area contributed by atoms with E-state index in [-0.39, 0.29) is 5.91 Å². The first kappa shape index (κ1) is 15.8. The number of aryl methyl sites for hydroxylation is 1. The highest BCUT2D eigenvalue weighted by Gasteiger charge is 2.10. The molecule has 23 heavy (non-hydrogen) atoms. The molecule has 0 aliphatic heterocycles. The topological polar surface area (TPSA) is 42.0 Å². The van der Waals surface area contributed by atoms with Crippen LogP contribution in [-0.4, -0.2) is 16.6 Å². The Bertz CT molecular complexity index is 870. The van der Waals surface area contributed by atoms with Gasteiger partial charge in [-0.05, 0) is 36.8 Å². The number of rotatable bonds is 5. The van der Waals surface area contributed by atoms with Crippen LogP contribution in [0.2, 0.25) is 0 Å². The molecular formula is C18H16N2OS2. The Morgan fingerprint density at radius 1 is 1.35 bits per heavy atom. The van der Waals surface area contributed by atoms with Gasteiger partial charge < -0.3 is 5.32 Å². The van der Waals surface area contributed by atoms with E-state index in [0.29, 0.717) is 5.56 Å². The molecule has 3 nitrogen and oxygen atoms in total. The summed E-state index contributed by atoms with van der Waals surface area (Å²) >= 11 is 3.30. The molecule has 2 aromatic carbocycles. The zero-order chi connectivity index (χ0) is 16.2. The van der Waals surface area contributed by atoms with Gasteiger partial charge in [0.15, 0.2) is 4.34 Å². The van der Waals surface area contributed by atoms with Gasteiger partial charge in [0.2, 0.25) is 0 Å². The summed E-state index contributed by atoms with van der Waals surface area (Å²) in [6, 6.07) is 13.4. The molecule has 1 heterocycles. The van der Waals surface area contributed by atoms with Gasteiger partial charge in [-0.3, -0.25) is 4.79 Å². The fourth-order valence-corrected chi connectivity index (χ4v) is 4.07. The number of thiazole rings is 1. The molecule has 0 aliphatic carbocycles. The molecule has 0 atom stereocenters. The van der Waals surface area contributed by atoms with E-state index in [1.807, 2.05) is 55.5 Å². The summed E-state index contributed by atoms with van der Waals surface area (Å²) in [6.45, 7) is 5.66. The van der Waals surface area contributed by atoms with E-state index in [1.165, 1.54) is 0 Å². The lowest BCUT2D eigenvalue weighted by atomic mass is 10.1. The van der Waals surface area contributed by atoms with Crippen molar-refractivity contribution in [2.45, 2.75) is 11.3 Å². The Balaban J connectivity index is 1.81. The van der Waals surface area contributed by atoms with Crippen molar-refractivity contribution in [1.82, 2.24) is 4.98 Å². The van der Waals surface area contributed by atoms with Crippen LogP contribution < -0.4 is 5.32 Å². The van der Waals surface area contributed by atoms with Gasteiger partial charge >= 0.3 is 0 Å². The van der Waals surface area contributed by atoms with Crippen molar-refractivity contribution in [3.63, 3.8) is 0 Å². The van der Waals surface area contributed by atoms with Crippen molar-refractivity contribution in [2.75, 3.05) is 11.1 Å². The third-order valence-electron chi connectivity index (χ3n) is 3.34. The second-order valence-corrected chi connectivity index (χ2v) is 7.33. The normalized spacial score (nSPS) is 10.7. The minimum absolute atomic E-state index is 0.0896. The smallest absolute Gasteiger partial charge is 0.255 e. The Kier molecular flexibility index (Phi) is 4.79. The summed E-state index contributed by atoms with van der Waals surface area (Å²) in [7, 11) is 0. The predicted molar refractivity (Wildman–Crippen MR) is 99.7 cm³/mol. The van der Waals surface area contributed by atoms with Crippen LogP contribution in [0.25, 0.3) is 10.2 Å². The first-order valence-corrected chi connectivity index (χ1v) is 8.99. The second kappa shape index (κ2) is 6.98. The molecular weight excluding hydrogens is 324 g/mol. The molecule has 0 aliphatic rings. The highest BCUT2D eigenvalue weighted by molar-refractivity contribution is 8.01. The van der Waals surface area contributed by atoms with Crippen LogP contribution in [0.1, 0.15) is 15.9 Å². The maximum Gasteiger partial charge on any atom is 0.255 e. The average molecular weight is 340 g/mol. The molecule has 3 aromatic rings. The molecule has 0 saturated heterocycles. The average Bonchev–Trinajstić information content (AvgIpc) is 2.95. The third kappa shape index (κ3) is 3.63. The van der Waals surface area contributed by atoms with Crippen LogP contribution in [0, 0.1) is 6.92 Å². The Hall–Kier alpha value is -2.11. The Labute approximate surface area is 143 Å². The summed E-state index contributed by atoms with van der Waals surface area (Å²) in [4.78, 5) is 16.9. The van der Waals surface area contributed by atoms with Gasteiger partial charge in [0.05, 0.1) is 10.2 Å². The zero-order valence-corrected chi connectivity index (χ0v) is 14.3. The van der Waals surface area contributed by atoms with E-state index >= 15 is 0 Å². The van der Waals surface area contributed by atoms with Gasteiger partial charge in [-0.25, -0.2) is 4.98 Å². The maximum absolute atomic E-state index is 12.4. The first-order valence-electron chi connectivity index (χ1n) is 7.18. The van der Waals surface area contributed by atoms with Crippen molar-refractivity contribution in [3.05, 3.63) is 66.2 Å². The number of hydrogen-bond acceptors (Lipinski definition) is 4. The van der Waals surface area contributed by atoms with Crippen molar-refractivity contribution in [1.29, 1.82) is 0 Å². The Morgan fingerprint density at radius 3 is 2.96 bits per heavy atom. The summed E-state index contributed by atoms with van der Waals surface area (Å²) in [5.41, 5.74) is 3.40. The molecule has 0 radical (unpaired) electrons. The van der Waals surface area contributed by atoms with Gasteiger partial charge in [0, 0.05) is 17.0 Å². The molecule has 0 saturated carbocycles. The van der Waals surface area contributed by atoms with Gasteiger partial charge in [-0.2, -0.15) is 0 Å². The SMILES string of the molecule is C=CCSc1nc2ccc(NC(=O)c3ccccc3C)cc2s1. The minimum atomic E-state index is -0.0896. The van der Waals surface area contributed by atoms with Crippen LogP contribution in [-0.2, 0) is 0 Å². The quantitative estimate of drug-likeness (QED) is 0.517. The number of nitrogens with zero attached hydrogens (tertiary/aromatic N) is 1. The summed E-state index contributed by atoms with van der Waals surface area (Å²) in [5, 5.41) is 2.96. The monoisotopic (exact) mass is 340 g/mol. The fourth-order valence-electron chi connectivity index (χ4n) is 2.20. The molecule has 0 bridgehead atoms. The third-order valence-corrected chi connectivity index (χ3v) is 5.50. The van der Waals surface area contributed by atoms with E-state index in [1.54, 1.807) is 23.1 Å². The Morgan fingerprint density at radius 2 is 2.17 bits per heavy atom. The van der Waals surface area contributed by atoms with E-state index in [0.717, 1.165) is 31.6 Å². The number of nitrogens with one attached hydrogen (secondary N) is 1. The van der Waals surface area contributed by atoms with Gasteiger partial charge in [-0.15, -0.1) is 17.9 Å². The largest absolute Gasteiger partial charge is 0.322 e. The number of aromatic nitrogens is 1. The summed E-state index contributed by atoms with van der Waals surface area (Å²) < 4.78 is 2.08. The summed E-state index contributed by atoms with van der Waals surface area (Å²) in [5.74, 6) is 0.754. The first-order chi connectivity index (χ1) is 11.2.